The monoisotopic (exact) mass is 276 g/mol. The molecule has 1 heterocycles. The number of nitrogens with zero attached hydrogens (tertiary/aromatic N) is 2. The Morgan fingerprint density at radius 1 is 1.45 bits per heavy atom. The highest BCUT2D eigenvalue weighted by Gasteiger charge is 2.17. The molecule has 2 atom stereocenters. The molecule has 6 heteroatoms. The fourth-order valence-electron chi connectivity index (χ4n) is 1.68. The molecule has 2 aromatic rings. The average Bonchev–Trinajstić information content (AvgIpc) is 2.91. The van der Waals surface area contributed by atoms with E-state index < -0.39 is 5.82 Å². The van der Waals surface area contributed by atoms with Crippen molar-refractivity contribution < 1.29 is 9.18 Å². The van der Waals surface area contributed by atoms with Gasteiger partial charge in [-0.25, -0.2) is 9.07 Å². The van der Waals surface area contributed by atoms with E-state index in [1.165, 1.54) is 10.7 Å². The van der Waals surface area contributed by atoms with E-state index in [1.54, 1.807) is 44.4 Å². The van der Waals surface area contributed by atoms with Crippen LogP contribution < -0.4 is 11.1 Å². The lowest BCUT2D eigenvalue weighted by atomic mass is 10.0. The molecule has 1 aromatic heterocycles. The molecule has 0 fully saturated rings. The van der Waals surface area contributed by atoms with Gasteiger partial charge in [0.15, 0.2) is 5.82 Å². The molecular weight excluding hydrogens is 259 g/mol. The Morgan fingerprint density at radius 2 is 2.20 bits per heavy atom. The van der Waals surface area contributed by atoms with Gasteiger partial charge >= 0.3 is 0 Å². The summed E-state index contributed by atoms with van der Waals surface area (Å²) in [5.41, 5.74) is 6.39. The predicted molar refractivity (Wildman–Crippen MR) is 75.0 cm³/mol. The summed E-state index contributed by atoms with van der Waals surface area (Å²) in [6.45, 7) is 3.49. The number of nitrogens with one attached hydrogen (secondary N) is 1. The summed E-state index contributed by atoms with van der Waals surface area (Å²) in [4.78, 5) is 11.8. The van der Waals surface area contributed by atoms with Crippen molar-refractivity contribution in [1.82, 2.24) is 9.78 Å². The summed E-state index contributed by atoms with van der Waals surface area (Å²) in [7, 11) is 0. The van der Waals surface area contributed by atoms with Crippen molar-refractivity contribution in [2.75, 3.05) is 5.32 Å². The molecule has 1 amide bonds. The lowest BCUT2D eigenvalue weighted by Crippen LogP contribution is -2.34. The van der Waals surface area contributed by atoms with Gasteiger partial charge in [0, 0.05) is 24.1 Å². The Bertz CT molecular complexity index is 595. The van der Waals surface area contributed by atoms with E-state index in [2.05, 4.69) is 10.4 Å². The number of anilines is 1. The smallest absolute Gasteiger partial charge is 0.228 e. The van der Waals surface area contributed by atoms with Crippen molar-refractivity contribution in [3.63, 3.8) is 0 Å². The molecule has 106 valence electrons. The van der Waals surface area contributed by atoms with Gasteiger partial charge in [0.05, 0.1) is 5.92 Å². The third-order valence-corrected chi connectivity index (χ3v) is 3.17. The Labute approximate surface area is 116 Å². The number of aromatic nitrogens is 2. The van der Waals surface area contributed by atoms with Gasteiger partial charge in [0.25, 0.3) is 0 Å². The van der Waals surface area contributed by atoms with Gasteiger partial charge in [-0.2, -0.15) is 5.10 Å². The molecule has 2 unspecified atom stereocenters. The third-order valence-electron chi connectivity index (χ3n) is 3.17. The molecule has 2 rings (SSSR count). The number of halogens is 1. The summed E-state index contributed by atoms with van der Waals surface area (Å²) in [5, 5.41) is 6.61. The number of carbonyl (C=O) groups excluding carboxylic acids is 1. The summed E-state index contributed by atoms with van der Waals surface area (Å²) in [6.07, 6.45) is 3.22. The summed E-state index contributed by atoms with van der Waals surface area (Å²) in [6, 6.07) is 5.91. The van der Waals surface area contributed by atoms with Crippen molar-refractivity contribution >= 4 is 11.6 Å². The molecule has 0 aliphatic rings. The Hall–Kier alpha value is -2.21. The molecular formula is C14H17FN4O. The fourth-order valence-corrected chi connectivity index (χ4v) is 1.68. The van der Waals surface area contributed by atoms with Gasteiger partial charge in [-0.15, -0.1) is 0 Å². The first kappa shape index (κ1) is 14.2. The second-order valence-electron chi connectivity index (χ2n) is 4.75. The van der Waals surface area contributed by atoms with Crippen LogP contribution in [0.5, 0.6) is 0 Å². The lowest BCUT2D eigenvalue weighted by Gasteiger charge is -2.15. The minimum Gasteiger partial charge on any atom is -0.327 e. The summed E-state index contributed by atoms with van der Waals surface area (Å²) < 4.78 is 15.4. The first-order valence-corrected chi connectivity index (χ1v) is 6.35. The SMILES string of the molecule is CC(N)C(C)C(=O)Nc1ccc(-n2cccn2)c(F)c1. The second-order valence-corrected chi connectivity index (χ2v) is 4.75. The van der Waals surface area contributed by atoms with Crippen LogP contribution in [0.4, 0.5) is 10.1 Å². The molecule has 0 bridgehead atoms. The zero-order chi connectivity index (χ0) is 14.7. The highest BCUT2D eigenvalue weighted by molar-refractivity contribution is 5.92. The average molecular weight is 276 g/mol. The topological polar surface area (TPSA) is 72.9 Å². The molecule has 1 aromatic carbocycles. The van der Waals surface area contributed by atoms with Crippen LogP contribution in [0, 0.1) is 11.7 Å². The summed E-state index contributed by atoms with van der Waals surface area (Å²) >= 11 is 0. The van der Waals surface area contributed by atoms with E-state index in [-0.39, 0.29) is 17.9 Å². The number of hydrogen-bond acceptors (Lipinski definition) is 3. The maximum absolute atomic E-state index is 14.0. The molecule has 0 aliphatic carbocycles. The molecule has 20 heavy (non-hydrogen) atoms. The lowest BCUT2D eigenvalue weighted by molar-refractivity contribution is -0.119. The number of carbonyl (C=O) groups is 1. The van der Waals surface area contributed by atoms with Gasteiger partial charge in [-0.3, -0.25) is 4.79 Å². The van der Waals surface area contributed by atoms with Crippen LogP contribution in [0.15, 0.2) is 36.7 Å². The molecule has 0 saturated heterocycles. The van der Waals surface area contributed by atoms with Gasteiger partial charge in [-0.1, -0.05) is 6.92 Å². The zero-order valence-electron chi connectivity index (χ0n) is 11.4. The minimum atomic E-state index is -0.458. The van der Waals surface area contributed by atoms with Gasteiger partial charge in [0.2, 0.25) is 5.91 Å². The molecule has 0 radical (unpaired) electrons. The Morgan fingerprint density at radius 3 is 2.75 bits per heavy atom. The zero-order valence-corrected chi connectivity index (χ0v) is 11.4. The highest BCUT2D eigenvalue weighted by Crippen LogP contribution is 2.18. The molecule has 5 nitrogen and oxygen atoms in total. The second kappa shape index (κ2) is 5.83. The molecule has 3 N–H and O–H groups in total. The van der Waals surface area contributed by atoms with Crippen LogP contribution in [0.1, 0.15) is 13.8 Å². The summed E-state index contributed by atoms with van der Waals surface area (Å²) in [5.74, 6) is -1.03. The van der Waals surface area contributed by atoms with E-state index in [0.29, 0.717) is 11.4 Å². The number of rotatable bonds is 4. The maximum Gasteiger partial charge on any atom is 0.228 e. The van der Waals surface area contributed by atoms with Crippen LogP contribution in [0.25, 0.3) is 5.69 Å². The highest BCUT2D eigenvalue weighted by atomic mass is 19.1. The fraction of sp³-hybridized carbons (Fsp3) is 0.286. The van der Waals surface area contributed by atoms with Crippen molar-refractivity contribution in [2.45, 2.75) is 19.9 Å². The van der Waals surface area contributed by atoms with Crippen LogP contribution in [0.2, 0.25) is 0 Å². The van der Waals surface area contributed by atoms with Gasteiger partial charge in [0.1, 0.15) is 5.69 Å². The largest absolute Gasteiger partial charge is 0.327 e. The molecule has 0 saturated carbocycles. The van der Waals surface area contributed by atoms with Crippen LogP contribution in [-0.4, -0.2) is 21.7 Å². The normalized spacial score (nSPS) is 13.8. The van der Waals surface area contributed by atoms with Crippen molar-refractivity contribution in [3.05, 3.63) is 42.5 Å². The quantitative estimate of drug-likeness (QED) is 0.896. The van der Waals surface area contributed by atoms with Crippen LogP contribution in [-0.2, 0) is 4.79 Å². The first-order chi connectivity index (χ1) is 9.49. The van der Waals surface area contributed by atoms with Crippen LogP contribution in [0.3, 0.4) is 0 Å². The number of nitrogens with two attached hydrogens (primary N) is 1. The Balaban J connectivity index is 2.16. The Kier molecular flexibility index (Phi) is 4.14. The molecule has 0 spiro atoms. The van der Waals surface area contributed by atoms with Gasteiger partial charge in [-0.05, 0) is 31.2 Å². The van der Waals surface area contributed by atoms with Crippen molar-refractivity contribution in [2.24, 2.45) is 11.7 Å². The van der Waals surface area contributed by atoms with Gasteiger partial charge < -0.3 is 11.1 Å². The van der Waals surface area contributed by atoms with E-state index >= 15 is 0 Å². The molecule has 0 aliphatic heterocycles. The first-order valence-electron chi connectivity index (χ1n) is 6.35. The van der Waals surface area contributed by atoms with Crippen LogP contribution >= 0.6 is 0 Å². The van der Waals surface area contributed by atoms with Crippen molar-refractivity contribution in [1.29, 1.82) is 0 Å². The minimum absolute atomic E-state index is 0.230. The van der Waals surface area contributed by atoms with E-state index in [9.17, 15) is 9.18 Å². The number of hydrogen-bond donors (Lipinski definition) is 2. The number of benzene rings is 1. The standard InChI is InChI=1S/C14H17FN4O/c1-9(10(2)16)14(20)18-11-4-5-13(12(15)8-11)19-7-3-6-17-19/h3-10H,16H2,1-2H3,(H,18,20). The van der Waals surface area contributed by atoms with Crippen molar-refractivity contribution in [3.8, 4) is 5.69 Å². The van der Waals surface area contributed by atoms with E-state index in [0.717, 1.165) is 0 Å². The third kappa shape index (κ3) is 3.03. The van der Waals surface area contributed by atoms with E-state index in [4.69, 9.17) is 5.73 Å². The predicted octanol–water partition coefficient (Wildman–Crippen LogP) is 1.93. The van der Waals surface area contributed by atoms with E-state index in [1.807, 2.05) is 0 Å². The number of amides is 1. The maximum atomic E-state index is 14.0.